The summed E-state index contributed by atoms with van der Waals surface area (Å²) in [6.45, 7) is 7.84. The van der Waals surface area contributed by atoms with Gasteiger partial charge in [-0.1, -0.05) is 30.3 Å². The van der Waals surface area contributed by atoms with E-state index < -0.39 is 47.5 Å². The molecule has 4 amide bonds. The highest BCUT2D eigenvalue weighted by molar-refractivity contribution is 6.08. The number of amides is 4. The Morgan fingerprint density at radius 2 is 1.81 bits per heavy atom. The molecule has 1 saturated heterocycles. The number of carbonyl (C=O) groups is 4. The molecule has 8 nitrogen and oxygen atoms in total. The third-order valence-electron chi connectivity index (χ3n) is 4.09. The van der Waals surface area contributed by atoms with Crippen LogP contribution in [0.25, 0.3) is 0 Å². The predicted octanol–water partition coefficient (Wildman–Crippen LogP) is 1.30. The number of esters is 1. The van der Waals surface area contributed by atoms with Gasteiger partial charge in [0.05, 0.1) is 0 Å². The van der Waals surface area contributed by atoms with Crippen molar-refractivity contribution in [2.45, 2.75) is 51.8 Å². The lowest BCUT2D eigenvalue weighted by atomic mass is 9.92. The van der Waals surface area contributed by atoms with Gasteiger partial charge in [-0.05, 0) is 40.2 Å². The molecule has 0 spiro atoms. The van der Waals surface area contributed by atoms with Crippen molar-refractivity contribution in [2.75, 3.05) is 6.54 Å². The minimum Gasteiger partial charge on any atom is -0.451 e. The molecule has 146 valence electrons. The molecule has 0 aromatic heterocycles. The molecule has 2 atom stereocenters. The fraction of sp³-hybridized carbons (Fsp3) is 0.474. The highest BCUT2D eigenvalue weighted by Crippen LogP contribution is 2.28. The van der Waals surface area contributed by atoms with Crippen LogP contribution in [-0.4, -0.2) is 46.9 Å². The summed E-state index contributed by atoms with van der Waals surface area (Å²) in [7, 11) is 0. The normalized spacial score (nSPS) is 20.9. The highest BCUT2D eigenvalue weighted by Gasteiger charge is 2.49. The van der Waals surface area contributed by atoms with E-state index in [0.717, 1.165) is 4.90 Å². The van der Waals surface area contributed by atoms with Gasteiger partial charge in [0.15, 0.2) is 6.10 Å². The van der Waals surface area contributed by atoms with Gasteiger partial charge in [-0.25, -0.2) is 4.79 Å². The molecule has 2 N–H and O–H groups in total. The first kappa shape index (κ1) is 20.4. The Bertz CT molecular complexity index is 756. The summed E-state index contributed by atoms with van der Waals surface area (Å²) in [4.78, 5) is 49.9. The number of urea groups is 1. The monoisotopic (exact) mass is 375 g/mol. The van der Waals surface area contributed by atoms with Crippen molar-refractivity contribution in [2.24, 2.45) is 0 Å². The Morgan fingerprint density at radius 3 is 2.37 bits per heavy atom. The molecule has 1 aliphatic heterocycles. The summed E-state index contributed by atoms with van der Waals surface area (Å²) < 4.78 is 5.07. The van der Waals surface area contributed by atoms with Crippen molar-refractivity contribution in [3.63, 3.8) is 0 Å². The molecule has 2 rings (SSSR count). The molecule has 1 aliphatic rings. The molecule has 0 bridgehead atoms. The Morgan fingerprint density at radius 1 is 1.22 bits per heavy atom. The van der Waals surface area contributed by atoms with Gasteiger partial charge in [-0.15, -0.1) is 0 Å². The van der Waals surface area contributed by atoms with Gasteiger partial charge in [-0.3, -0.25) is 19.3 Å². The molecule has 27 heavy (non-hydrogen) atoms. The predicted molar refractivity (Wildman–Crippen MR) is 97.5 cm³/mol. The van der Waals surface area contributed by atoms with Crippen molar-refractivity contribution < 1.29 is 23.9 Å². The SMILES string of the molecule is C[C@@H](OC(=O)CN1C(=O)N[C@](C)(c2ccccc2)C1=O)C(=O)NC(C)(C)C. The molecule has 0 aliphatic carbocycles. The zero-order valence-electron chi connectivity index (χ0n) is 16.2. The number of rotatable bonds is 5. The Hall–Kier alpha value is -2.90. The van der Waals surface area contributed by atoms with Gasteiger partial charge in [0.2, 0.25) is 0 Å². The number of nitrogens with zero attached hydrogens (tertiary/aromatic N) is 1. The zero-order valence-corrected chi connectivity index (χ0v) is 16.2. The van der Waals surface area contributed by atoms with Crippen LogP contribution < -0.4 is 10.6 Å². The van der Waals surface area contributed by atoms with Crippen molar-refractivity contribution >= 4 is 23.8 Å². The van der Waals surface area contributed by atoms with Crippen LogP contribution in [0, 0.1) is 0 Å². The Balaban J connectivity index is 2.03. The van der Waals surface area contributed by atoms with Crippen LogP contribution in [0.4, 0.5) is 4.79 Å². The highest BCUT2D eigenvalue weighted by atomic mass is 16.5. The van der Waals surface area contributed by atoms with E-state index in [1.54, 1.807) is 58.0 Å². The van der Waals surface area contributed by atoms with Crippen molar-refractivity contribution in [1.82, 2.24) is 15.5 Å². The quantitative estimate of drug-likeness (QED) is 0.596. The minimum absolute atomic E-state index is 0.456. The van der Waals surface area contributed by atoms with Gasteiger partial charge < -0.3 is 15.4 Å². The first-order valence-corrected chi connectivity index (χ1v) is 8.65. The molecule has 0 radical (unpaired) electrons. The van der Waals surface area contributed by atoms with Gasteiger partial charge in [0.1, 0.15) is 12.1 Å². The third kappa shape index (κ3) is 4.64. The fourth-order valence-electron chi connectivity index (χ4n) is 2.70. The second kappa shape index (κ2) is 7.38. The number of ether oxygens (including phenoxy) is 1. The molecule has 1 aromatic carbocycles. The minimum atomic E-state index is -1.26. The van der Waals surface area contributed by atoms with Crippen molar-refractivity contribution in [1.29, 1.82) is 0 Å². The molecule has 8 heteroatoms. The summed E-state index contributed by atoms with van der Waals surface area (Å²) in [5, 5.41) is 5.30. The van der Waals surface area contributed by atoms with Crippen LogP contribution in [0.3, 0.4) is 0 Å². The number of hydrogen-bond acceptors (Lipinski definition) is 5. The maximum atomic E-state index is 12.7. The number of benzene rings is 1. The Labute approximate surface area is 158 Å². The largest absolute Gasteiger partial charge is 0.451 e. The summed E-state index contributed by atoms with van der Waals surface area (Å²) in [6, 6.07) is 8.07. The smallest absolute Gasteiger partial charge is 0.327 e. The summed E-state index contributed by atoms with van der Waals surface area (Å²) in [5.74, 6) is -1.85. The van der Waals surface area contributed by atoms with E-state index in [1.165, 1.54) is 6.92 Å². The maximum absolute atomic E-state index is 12.7. The molecule has 1 aromatic rings. The average molecular weight is 375 g/mol. The lowest BCUT2D eigenvalue weighted by Gasteiger charge is -2.24. The fourth-order valence-corrected chi connectivity index (χ4v) is 2.70. The van der Waals surface area contributed by atoms with Crippen LogP contribution in [0.5, 0.6) is 0 Å². The third-order valence-corrected chi connectivity index (χ3v) is 4.09. The lowest BCUT2D eigenvalue weighted by molar-refractivity contribution is -0.157. The van der Waals surface area contributed by atoms with Crippen LogP contribution in [0.15, 0.2) is 30.3 Å². The second-order valence-electron chi connectivity index (χ2n) is 7.68. The standard InChI is InChI=1S/C19H25N3O5/c1-12(15(24)20-18(2,3)4)27-14(23)11-22-16(25)19(5,21-17(22)26)13-9-7-6-8-10-13/h6-10,12H,11H2,1-5H3,(H,20,24)(H,21,26)/t12-,19-/m1/s1. The molecular weight excluding hydrogens is 350 g/mol. The molecule has 1 heterocycles. The Kier molecular flexibility index (Phi) is 5.58. The number of carbonyl (C=O) groups excluding carboxylic acids is 4. The summed E-state index contributed by atoms with van der Waals surface area (Å²) in [6.07, 6.45) is -1.04. The van der Waals surface area contributed by atoms with Gasteiger partial charge in [0.25, 0.3) is 11.8 Å². The summed E-state index contributed by atoms with van der Waals surface area (Å²) >= 11 is 0. The lowest BCUT2D eigenvalue weighted by Crippen LogP contribution is -2.47. The number of imide groups is 1. The topological polar surface area (TPSA) is 105 Å². The average Bonchev–Trinajstić information content (AvgIpc) is 2.78. The van der Waals surface area contributed by atoms with Gasteiger partial charge >= 0.3 is 12.0 Å². The first-order chi connectivity index (χ1) is 12.4. The van der Waals surface area contributed by atoms with E-state index in [-0.39, 0.29) is 0 Å². The van der Waals surface area contributed by atoms with Crippen LogP contribution in [0.1, 0.15) is 40.2 Å². The van der Waals surface area contributed by atoms with Crippen molar-refractivity contribution in [3.8, 4) is 0 Å². The number of nitrogens with one attached hydrogen (secondary N) is 2. The first-order valence-electron chi connectivity index (χ1n) is 8.65. The summed E-state index contributed by atoms with van der Waals surface area (Å²) in [5.41, 5.74) is -1.12. The van der Waals surface area contributed by atoms with Crippen LogP contribution in [-0.2, 0) is 24.7 Å². The molecule has 0 unspecified atom stereocenters. The van der Waals surface area contributed by atoms with E-state index in [0.29, 0.717) is 5.56 Å². The molecule has 1 fully saturated rings. The second-order valence-corrected chi connectivity index (χ2v) is 7.68. The van der Waals surface area contributed by atoms with Gasteiger partial charge in [-0.2, -0.15) is 0 Å². The van der Waals surface area contributed by atoms with Crippen molar-refractivity contribution in [3.05, 3.63) is 35.9 Å². The van der Waals surface area contributed by atoms with E-state index in [2.05, 4.69) is 10.6 Å². The molecular formula is C19H25N3O5. The number of hydrogen-bond donors (Lipinski definition) is 2. The van der Waals surface area contributed by atoms with Crippen LogP contribution >= 0.6 is 0 Å². The van der Waals surface area contributed by atoms with Gasteiger partial charge in [0, 0.05) is 5.54 Å². The zero-order chi connectivity index (χ0) is 20.4. The molecule has 0 saturated carbocycles. The van der Waals surface area contributed by atoms with E-state index in [1.807, 2.05) is 0 Å². The van der Waals surface area contributed by atoms with E-state index in [4.69, 9.17) is 4.74 Å². The maximum Gasteiger partial charge on any atom is 0.327 e. The van der Waals surface area contributed by atoms with E-state index in [9.17, 15) is 19.2 Å². The van der Waals surface area contributed by atoms with E-state index >= 15 is 0 Å². The van der Waals surface area contributed by atoms with Crippen LogP contribution in [0.2, 0.25) is 0 Å².